The minimum atomic E-state index is -0.878. The van der Waals surface area contributed by atoms with Crippen LogP contribution in [0.15, 0.2) is 0 Å². The van der Waals surface area contributed by atoms with Crippen LogP contribution in [0.25, 0.3) is 0 Å². The van der Waals surface area contributed by atoms with Crippen LogP contribution in [-0.2, 0) is 19.1 Å². The quantitative estimate of drug-likeness (QED) is 0.691. The molecular weight excluding hydrogens is 312 g/mol. The van der Waals surface area contributed by atoms with E-state index >= 15 is 0 Å². The SMILES string of the molecule is COC(=O)NC(CC(C)C)C(=O)NCC(C)(C)C(=O)OC(C)(C)C. The Morgan fingerprint density at radius 1 is 1.04 bits per heavy atom. The zero-order valence-electron chi connectivity index (χ0n) is 16.1. The number of ether oxygens (including phenoxy) is 2. The fourth-order valence-electron chi connectivity index (χ4n) is 1.82. The first-order valence-corrected chi connectivity index (χ1v) is 8.14. The Balaban J connectivity index is 4.80. The molecule has 24 heavy (non-hydrogen) atoms. The van der Waals surface area contributed by atoms with Gasteiger partial charge in [-0.1, -0.05) is 13.8 Å². The Morgan fingerprint density at radius 2 is 1.58 bits per heavy atom. The molecule has 0 fully saturated rings. The highest BCUT2D eigenvalue weighted by molar-refractivity contribution is 5.86. The third kappa shape index (κ3) is 8.74. The molecule has 2 N–H and O–H groups in total. The lowest BCUT2D eigenvalue weighted by Crippen LogP contribution is -2.50. The van der Waals surface area contributed by atoms with Crippen LogP contribution in [0, 0.1) is 11.3 Å². The lowest BCUT2D eigenvalue weighted by Gasteiger charge is -2.29. The van der Waals surface area contributed by atoms with Gasteiger partial charge in [-0.3, -0.25) is 9.59 Å². The first kappa shape index (κ1) is 22.2. The van der Waals surface area contributed by atoms with Gasteiger partial charge in [0.05, 0.1) is 12.5 Å². The van der Waals surface area contributed by atoms with E-state index in [1.165, 1.54) is 7.11 Å². The summed E-state index contributed by atoms with van der Waals surface area (Å²) >= 11 is 0. The van der Waals surface area contributed by atoms with Crippen molar-refractivity contribution in [3.05, 3.63) is 0 Å². The zero-order chi connectivity index (χ0) is 19.1. The van der Waals surface area contributed by atoms with E-state index in [4.69, 9.17) is 4.74 Å². The van der Waals surface area contributed by atoms with Crippen molar-refractivity contribution in [1.82, 2.24) is 10.6 Å². The average molecular weight is 344 g/mol. The van der Waals surface area contributed by atoms with E-state index in [0.29, 0.717) is 6.42 Å². The number of esters is 1. The third-order valence-corrected chi connectivity index (χ3v) is 3.16. The molecule has 7 nitrogen and oxygen atoms in total. The standard InChI is InChI=1S/C17H32N2O5/c1-11(2)9-12(19-15(22)23-8)13(20)18-10-17(6,7)14(21)24-16(3,4)5/h11-12H,9-10H2,1-8H3,(H,18,20)(H,19,22). The summed E-state index contributed by atoms with van der Waals surface area (Å²) in [6.45, 7) is 12.8. The number of rotatable bonds is 7. The van der Waals surface area contributed by atoms with Crippen molar-refractivity contribution in [3.63, 3.8) is 0 Å². The molecule has 2 amide bonds. The van der Waals surface area contributed by atoms with Gasteiger partial charge in [-0.15, -0.1) is 0 Å². The lowest BCUT2D eigenvalue weighted by atomic mass is 9.93. The van der Waals surface area contributed by atoms with Crippen LogP contribution in [-0.4, -0.2) is 43.3 Å². The van der Waals surface area contributed by atoms with Crippen LogP contribution >= 0.6 is 0 Å². The molecule has 0 aromatic heterocycles. The molecular formula is C17H32N2O5. The highest BCUT2D eigenvalue weighted by Crippen LogP contribution is 2.20. The summed E-state index contributed by atoms with van der Waals surface area (Å²) in [7, 11) is 1.24. The predicted octanol–water partition coefficient (Wildman–Crippen LogP) is 2.24. The van der Waals surface area contributed by atoms with Gasteiger partial charge in [0.1, 0.15) is 11.6 Å². The number of hydrogen-bond acceptors (Lipinski definition) is 5. The second-order valence-electron chi connectivity index (χ2n) is 7.92. The maximum atomic E-state index is 12.4. The smallest absolute Gasteiger partial charge is 0.407 e. The van der Waals surface area contributed by atoms with Crippen LogP contribution < -0.4 is 10.6 Å². The molecule has 1 atom stereocenters. The summed E-state index contributed by atoms with van der Waals surface area (Å²) in [5.74, 6) is -0.542. The highest BCUT2D eigenvalue weighted by atomic mass is 16.6. The van der Waals surface area contributed by atoms with Crippen molar-refractivity contribution >= 4 is 18.0 Å². The second kappa shape index (κ2) is 8.89. The molecule has 0 saturated heterocycles. The first-order chi connectivity index (χ1) is 10.8. The molecule has 0 saturated carbocycles. The van der Waals surface area contributed by atoms with Crippen LogP contribution in [0.5, 0.6) is 0 Å². The minimum Gasteiger partial charge on any atom is -0.460 e. The van der Waals surface area contributed by atoms with Gasteiger partial charge in [0.2, 0.25) is 5.91 Å². The summed E-state index contributed by atoms with van der Waals surface area (Å²) in [6.07, 6.45) is -0.199. The number of methoxy groups -OCH3 is 1. The fourth-order valence-corrected chi connectivity index (χ4v) is 1.82. The largest absolute Gasteiger partial charge is 0.460 e. The van der Waals surface area contributed by atoms with Crippen molar-refractivity contribution in [3.8, 4) is 0 Å². The van der Waals surface area contributed by atoms with Crippen LogP contribution in [0.2, 0.25) is 0 Å². The third-order valence-electron chi connectivity index (χ3n) is 3.16. The van der Waals surface area contributed by atoms with Gasteiger partial charge in [0, 0.05) is 6.54 Å². The Morgan fingerprint density at radius 3 is 2.00 bits per heavy atom. The van der Waals surface area contributed by atoms with E-state index in [0.717, 1.165) is 0 Å². The number of hydrogen-bond donors (Lipinski definition) is 2. The Labute approximate surface area is 144 Å². The molecule has 7 heteroatoms. The Hall–Kier alpha value is -1.79. The Kier molecular flexibility index (Phi) is 8.23. The Bertz CT molecular complexity index is 452. The van der Waals surface area contributed by atoms with Gasteiger partial charge < -0.3 is 20.1 Å². The molecule has 140 valence electrons. The molecule has 0 rings (SSSR count). The summed E-state index contributed by atoms with van der Waals surface area (Å²) in [5.41, 5.74) is -1.47. The summed E-state index contributed by atoms with van der Waals surface area (Å²) < 4.78 is 9.91. The van der Waals surface area contributed by atoms with Gasteiger partial charge in [0.15, 0.2) is 0 Å². The maximum absolute atomic E-state index is 12.4. The topological polar surface area (TPSA) is 93.7 Å². The van der Waals surface area contributed by atoms with Gasteiger partial charge in [0.25, 0.3) is 0 Å². The van der Waals surface area contributed by atoms with Crippen LogP contribution in [0.1, 0.15) is 54.9 Å². The van der Waals surface area contributed by atoms with Gasteiger partial charge in [-0.25, -0.2) is 4.79 Å². The molecule has 1 unspecified atom stereocenters. The number of carbonyl (C=O) groups is 3. The van der Waals surface area contributed by atoms with E-state index in [1.807, 2.05) is 13.8 Å². The molecule has 0 heterocycles. The van der Waals surface area contributed by atoms with Gasteiger partial charge in [-0.05, 0) is 47.0 Å². The van der Waals surface area contributed by atoms with E-state index in [2.05, 4.69) is 15.4 Å². The molecule has 0 aliphatic rings. The molecule has 0 aliphatic carbocycles. The normalized spacial score (nSPS) is 13.2. The molecule has 0 spiro atoms. The molecule has 0 aromatic carbocycles. The maximum Gasteiger partial charge on any atom is 0.407 e. The summed E-state index contributed by atoms with van der Waals surface area (Å²) in [4.78, 5) is 35.9. The van der Waals surface area contributed by atoms with E-state index in [9.17, 15) is 14.4 Å². The predicted molar refractivity (Wildman–Crippen MR) is 91.4 cm³/mol. The van der Waals surface area contributed by atoms with Crippen LogP contribution in [0.4, 0.5) is 4.79 Å². The summed E-state index contributed by atoms with van der Waals surface area (Å²) in [6, 6.07) is -0.716. The minimum absolute atomic E-state index is 0.109. The zero-order valence-corrected chi connectivity index (χ0v) is 16.1. The monoisotopic (exact) mass is 344 g/mol. The average Bonchev–Trinajstić information content (AvgIpc) is 2.41. The van der Waals surface area contributed by atoms with E-state index in [-0.39, 0.29) is 18.4 Å². The molecule has 0 aromatic rings. The fraction of sp³-hybridized carbons (Fsp3) is 0.824. The van der Waals surface area contributed by atoms with Crippen molar-refractivity contribution in [1.29, 1.82) is 0 Å². The van der Waals surface area contributed by atoms with E-state index < -0.39 is 29.1 Å². The van der Waals surface area contributed by atoms with Gasteiger partial charge in [-0.2, -0.15) is 0 Å². The van der Waals surface area contributed by atoms with E-state index in [1.54, 1.807) is 34.6 Å². The van der Waals surface area contributed by atoms with Gasteiger partial charge >= 0.3 is 12.1 Å². The number of alkyl carbamates (subject to hydrolysis) is 1. The second-order valence-corrected chi connectivity index (χ2v) is 7.92. The van der Waals surface area contributed by atoms with Crippen molar-refractivity contribution < 1.29 is 23.9 Å². The molecule has 0 bridgehead atoms. The number of carbonyl (C=O) groups excluding carboxylic acids is 3. The first-order valence-electron chi connectivity index (χ1n) is 8.14. The number of amides is 2. The molecule has 0 aliphatic heterocycles. The van der Waals surface area contributed by atoms with Crippen molar-refractivity contribution in [2.75, 3.05) is 13.7 Å². The highest BCUT2D eigenvalue weighted by Gasteiger charge is 2.34. The van der Waals surface area contributed by atoms with Crippen molar-refractivity contribution in [2.24, 2.45) is 11.3 Å². The van der Waals surface area contributed by atoms with Crippen LogP contribution in [0.3, 0.4) is 0 Å². The van der Waals surface area contributed by atoms with Crippen molar-refractivity contribution in [2.45, 2.75) is 66.5 Å². The number of nitrogens with one attached hydrogen (secondary N) is 2. The molecule has 0 radical (unpaired) electrons. The summed E-state index contributed by atoms with van der Waals surface area (Å²) in [5, 5.41) is 5.23. The lowest BCUT2D eigenvalue weighted by molar-refractivity contribution is -0.165.